The summed E-state index contributed by atoms with van der Waals surface area (Å²) in [7, 11) is 1.88. The largest absolute Gasteiger partial charge is 0.340 e. The van der Waals surface area contributed by atoms with E-state index in [0.717, 1.165) is 19.3 Å². The highest BCUT2D eigenvalue weighted by atomic mass is 16.2. The van der Waals surface area contributed by atoms with Gasteiger partial charge in [0.1, 0.15) is 0 Å². The summed E-state index contributed by atoms with van der Waals surface area (Å²) in [4.78, 5) is 12.8. The molecule has 0 spiro atoms. The van der Waals surface area contributed by atoms with E-state index in [1.165, 1.54) is 0 Å². The van der Waals surface area contributed by atoms with Gasteiger partial charge in [0.2, 0.25) is 5.91 Å². The number of nitrogens with zero attached hydrogens (tertiary/aromatic N) is 1. The fourth-order valence-corrected chi connectivity index (χ4v) is 2.50. The van der Waals surface area contributed by atoms with Crippen LogP contribution in [-0.4, -0.2) is 28.9 Å². The zero-order chi connectivity index (χ0) is 8.28. The minimum atomic E-state index is 0.101. The molecule has 3 fully saturated rings. The van der Waals surface area contributed by atoms with E-state index >= 15 is 0 Å². The molecule has 0 heterocycles. The van der Waals surface area contributed by atoms with Crippen molar-refractivity contribution < 1.29 is 4.79 Å². The normalized spacial score (nSPS) is 45.7. The molecule has 0 saturated heterocycles. The van der Waals surface area contributed by atoms with Gasteiger partial charge in [0, 0.05) is 25.0 Å². The fourth-order valence-electron chi connectivity index (χ4n) is 2.50. The van der Waals surface area contributed by atoms with Crippen molar-refractivity contribution in [2.45, 2.75) is 37.3 Å². The quantitative estimate of drug-likeness (QED) is 0.582. The van der Waals surface area contributed by atoms with Gasteiger partial charge in [0.05, 0.1) is 0 Å². The second-order valence-corrected chi connectivity index (χ2v) is 4.20. The van der Waals surface area contributed by atoms with Crippen LogP contribution in [0.3, 0.4) is 0 Å². The summed E-state index contributed by atoms with van der Waals surface area (Å²) >= 11 is 0. The molecule has 1 amide bonds. The summed E-state index contributed by atoms with van der Waals surface area (Å²) in [6.45, 7) is 1.61. The lowest BCUT2D eigenvalue weighted by Crippen LogP contribution is -2.82. The zero-order valence-corrected chi connectivity index (χ0v) is 7.05. The van der Waals surface area contributed by atoms with Gasteiger partial charge < -0.3 is 10.6 Å². The van der Waals surface area contributed by atoms with Crippen LogP contribution in [0.25, 0.3) is 0 Å². The Balaban J connectivity index is 2.04. The Kier molecular flexibility index (Phi) is 1.04. The van der Waals surface area contributed by atoms with E-state index in [-0.39, 0.29) is 17.0 Å². The lowest BCUT2D eigenvalue weighted by atomic mass is 9.44. The zero-order valence-electron chi connectivity index (χ0n) is 7.05. The van der Waals surface area contributed by atoms with Crippen molar-refractivity contribution in [2.75, 3.05) is 7.05 Å². The van der Waals surface area contributed by atoms with Gasteiger partial charge >= 0.3 is 0 Å². The van der Waals surface area contributed by atoms with Gasteiger partial charge in [0.15, 0.2) is 0 Å². The van der Waals surface area contributed by atoms with E-state index in [2.05, 4.69) is 0 Å². The van der Waals surface area contributed by atoms with Crippen molar-refractivity contribution in [3.63, 3.8) is 0 Å². The van der Waals surface area contributed by atoms with Crippen molar-refractivity contribution >= 4 is 5.91 Å². The lowest BCUT2D eigenvalue weighted by Gasteiger charge is -2.71. The smallest absolute Gasteiger partial charge is 0.219 e. The molecule has 62 valence electrons. The van der Waals surface area contributed by atoms with E-state index in [9.17, 15) is 4.79 Å². The first-order valence-corrected chi connectivity index (χ1v) is 4.01. The molecule has 3 aliphatic rings. The first-order valence-electron chi connectivity index (χ1n) is 4.01. The average molecular weight is 154 g/mol. The molecule has 3 saturated carbocycles. The third kappa shape index (κ3) is 0.692. The van der Waals surface area contributed by atoms with Crippen molar-refractivity contribution in [1.29, 1.82) is 0 Å². The number of nitrogens with two attached hydrogens (primary N) is 1. The first-order chi connectivity index (χ1) is 4.98. The summed E-state index contributed by atoms with van der Waals surface area (Å²) in [5, 5.41) is 0. The predicted octanol–water partition coefficient (Wildman–Crippen LogP) is 0.0985. The molecule has 2 N–H and O–H groups in total. The van der Waals surface area contributed by atoms with Gasteiger partial charge in [-0.2, -0.15) is 0 Å². The van der Waals surface area contributed by atoms with Gasteiger partial charge in [-0.15, -0.1) is 0 Å². The molecule has 3 aliphatic carbocycles. The summed E-state index contributed by atoms with van der Waals surface area (Å²) in [6, 6.07) is 0. The van der Waals surface area contributed by atoms with Crippen LogP contribution in [0.15, 0.2) is 0 Å². The molecule has 0 aromatic rings. The minimum Gasteiger partial charge on any atom is -0.340 e. The van der Waals surface area contributed by atoms with Gasteiger partial charge in [-0.05, 0) is 19.3 Å². The number of hydrogen-bond acceptors (Lipinski definition) is 2. The highest BCUT2D eigenvalue weighted by Crippen LogP contribution is 2.61. The van der Waals surface area contributed by atoms with Crippen molar-refractivity contribution in [3.05, 3.63) is 0 Å². The van der Waals surface area contributed by atoms with Gasteiger partial charge in [-0.3, -0.25) is 4.79 Å². The maximum absolute atomic E-state index is 11.0. The van der Waals surface area contributed by atoms with Crippen LogP contribution in [0, 0.1) is 0 Å². The molecule has 0 unspecified atom stereocenters. The summed E-state index contributed by atoms with van der Waals surface area (Å²) in [5.41, 5.74) is 6.14. The summed E-state index contributed by atoms with van der Waals surface area (Å²) in [6.07, 6.45) is 3.03. The Morgan fingerprint density at radius 2 is 1.91 bits per heavy atom. The third-order valence-corrected chi connectivity index (χ3v) is 3.23. The maximum Gasteiger partial charge on any atom is 0.219 e. The molecule has 0 aromatic heterocycles. The highest BCUT2D eigenvalue weighted by molar-refractivity contribution is 5.74. The standard InChI is InChI=1S/C8H14N2O/c1-6(11)10(2)8-3-7(9,4-8)5-8/h3-5,9H2,1-2H3. The molecule has 0 atom stereocenters. The third-order valence-electron chi connectivity index (χ3n) is 3.23. The molecule has 0 radical (unpaired) electrons. The molecule has 3 rings (SSSR count). The summed E-state index contributed by atoms with van der Waals surface area (Å²) < 4.78 is 0. The average Bonchev–Trinajstić information content (AvgIpc) is 1.77. The highest BCUT2D eigenvalue weighted by Gasteiger charge is 2.68. The fraction of sp³-hybridized carbons (Fsp3) is 0.875. The number of amides is 1. The molecule has 0 aliphatic heterocycles. The van der Waals surface area contributed by atoms with E-state index in [1.807, 2.05) is 11.9 Å². The van der Waals surface area contributed by atoms with Crippen molar-refractivity contribution in [2.24, 2.45) is 5.73 Å². The van der Waals surface area contributed by atoms with E-state index in [1.54, 1.807) is 6.92 Å². The molecule has 2 bridgehead atoms. The Labute approximate surface area is 66.5 Å². The van der Waals surface area contributed by atoms with E-state index < -0.39 is 0 Å². The number of rotatable bonds is 1. The lowest BCUT2D eigenvalue weighted by molar-refractivity contribution is -0.172. The van der Waals surface area contributed by atoms with Crippen LogP contribution in [-0.2, 0) is 4.79 Å². The van der Waals surface area contributed by atoms with Gasteiger partial charge in [-0.1, -0.05) is 0 Å². The number of hydrogen-bond donors (Lipinski definition) is 1. The van der Waals surface area contributed by atoms with E-state index in [0.29, 0.717) is 0 Å². The Morgan fingerprint density at radius 3 is 2.18 bits per heavy atom. The molecule has 0 aromatic carbocycles. The Hall–Kier alpha value is -0.570. The van der Waals surface area contributed by atoms with Crippen LogP contribution in [0.2, 0.25) is 0 Å². The van der Waals surface area contributed by atoms with Gasteiger partial charge in [0.25, 0.3) is 0 Å². The first kappa shape index (κ1) is 7.10. The number of carbonyl (C=O) groups is 1. The van der Waals surface area contributed by atoms with Crippen LogP contribution >= 0.6 is 0 Å². The predicted molar refractivity (Wildman–Crippen MR) is 41.9 cm³/mol. The van der Waals surface area contributed by atoms with E-state index in [4.69, 9.17) is 5.73 Å². The SMILES string of the molecule is CC(=O)N(C)C12CC(N)(C1)C2. The molecule has 11 heavy (non-hydrogen) atoms. The molecule has 3 nitrogen and oxygen atoms in total. The summed E-state index contributed by atoms with van der Waals surface area (Å²) in [5.74, 6) is 0.159. The molecular weight excluding hydrogens is 140 g/mol. The topological polar surface area (TPSA) is 46.3 Å². The van der Waals surface area contributed by atoms with Crippen LogP contribution in [0.4, 0.5) is 0 Å². The van der Waals surface area contributed by atoms with Crippen LogP contribution in [0.5, 0.6) is 0 Å². The number of carbonyl (C=O) groups excluding carboxylic acids is 1. The monoisotopic (exact) mass is 154 g/mol. The van der Waals surface area contributed by atoms with Crippen LogP contribution in [0.1, 0.15) is 26.2 Å². The van der Waals surface area contributed by atoms with Crippen molar-refractivity contribution in [3.8, 4) is 0 Å². The Bertz CT molecular complexity index is 204. The maximum atomic E-state index is 11.0. The molecule has 3 heteroatoms. The Morgan fingerprint density at radius 1 is 1.45 bits per heavy atom. The molecular formula is C8H14N2O. The van der Waals surface area contributed by atoms with Gasteiger partial charge in [-0.25, -0.2) is 0 Å². The minimum absolute atomic E-state index is 0.101. The second kappa shape index (κ2) is 1.61. The van der Waals surface area contributed by atoms with Crippen LogP contribution < -0.4 is 5.73 Å². The van der Waals surface area contributed by atoms with Crippen molar-refractivity contribution in [1.82, 2.24) is 4.90 Å². The second-order valence-electron chi connectivity index (χ2n) is 4.20.